The average Bonchev–Trinajstić information content (AvgIpc) is 2.84. The van der Waals surface area contributed by atoms with Gasteiger partial charge < -0.3 is 0 Å². The van der Waals surface area contributed by atoms with E-state index >= 15 is 0 Å². The second kappa shape index (κ2) is 5.82. The van der Waals surface area contributed by atoms with Crippen molar-refractivity contribution in [3.05, 3.63) is 0 Å². The molecule has 2 aliphatic rings. The van der Waals surface area contributed by atoms with Crippen LogP contribution in [0.3, 0.4) is 0 Å². The summed E-state index contributed by atoms with van der Waals surface area (Å²) < 4.78 is 36.2. The molecule has 1 aliphatic carbocycles. The van der Waals surface area contributed by atoms with Gasteiger partial charge in [-0.1, -0.05) is 0 Å². The Balaban J connectivity index is 1.82. The van der Waals surface area contributed by atoms with Crippen LogP contribution in [0.2, 0.25) is 0 Å². The maximum Gasteiger partial charge on any atom is 0.441 e. The summed E-state index contributed by atoms with van der Waals surface area (Å²) in [6.45, 7) is 1.28. The number of thioether (sulfide) groups is 1. The molecule has 2 unspecified atom stereocenters. The third kappa shape index (κ3) is 3.63. The molecule has 2 fully saturated rings. The summed E-state index contributed by atoms with van der Waals surface area (Å²) >= 11 is 0.0392. The summed E-state index contributed by atoms with van der Waals surface area (Å²) in [5.41, 5.74) is -4.14. The zero-order valence-electron chi connectivity index (χ0n) is 10.2. The van der Waals surface area contributed by atoms with Gasteiger partial charge in [0.2, 0.25) is 0 Å². The molecule has 0 amide bonds. The van der Waals surface area contributed by atoms with E-state index in [9.17, 15) is 18.0 Å². The Morgan fingerprint density at radius 1 is 1.28 bits per heavy atom. The molecule has 0 spiro atoms. The fourth-order valence-electron chi connectivity index (χ4n) is 3.11. The zero-order valence-corrected chi connectivity index (χ0v) is 11.0. The van der Waals surface area contributed by atoms with Crippen LogP contribution < -0.4 is 0 Å². The van der Waals surface area contributed by atoms with Crippen molar-refractivity contribution in [3.8, 4) is 0 Å². The molecule has 2 rings (SSSR count). The zero-order chi connectivity index (χ0) is 13.2. The van der Waals surface area contributed by atoms with Crippen LogP contribution in [0.25, 0.3) is 0 Å². The van der Waals surface area contributed by atoms with Gasteiger partial charge >= 0.3 is 5.51 Å². The quantitative estimate of drug-likeness (QED) is 0.790. The lowest BCUT2D eigenvalue weighted by molar-refractivity contribution is -0.122. The highest BCUT2D eigenvalue weighted by Gasteiger charge is 2.38. The fourth-order valence-corrected chi connectivity index (χ4v) is 3.67. The molecule has 0 aromatic rings. The number of likely N-dealkylation sites (tertiary alicyclic amines) is 1. The standard InChI is InChI=1S/C12H18F3NOS/c13-12(14,15)18-8-7-16-6-2-4-10(16)9-3-1-5-11(9)17/h9-10H,1-8H2. The van der Waals surface area contributed by atoms with Gasteiger partial charge in [-0.15, -0.1) is 0 Å². The molecule has 0 aromatic carbocycles. The average molecular weight is 281 g/mol. The van der Waals surface area contributed by atoms with Crippen LogP contribution >= 0.6 is 11.8 Å². The van der Waals surface area contributed by atoms with E-state index in [1.54, 1.807) is 0 Å². The molecule has 104 valence electrons. The van der Waals surface area contributed by atoms with Gasteiger partial charge in [0.25, 0.3) is 0 Å². The van der Waals surface area contributed by atoms with Gasteiger partial charge in [-0.2, -0.15) is 13.2 Å². The third-order valence-electron chi connectivity index (χ3n) is 3.87. The van der Waals surface area contributed by atoms with Crippen LogP contribution in [-0.2, 0) is 4.79 Å². The number of carbonyl (C=O) groups excluding carboxylic acids is 1. The third-order valence-corrected chi connectivity index (χ3v) is 4.59. The van der Waals surface area contributed by atoms with Gasteiger partial charge in [0, 0.05) is 30.7 Å². The predicted octanol–water partition coefficient (Wildman–Crippen LogP) is 3.07. The highest BCUT2D eigenvalue weighted by molar-refractivity contribution is 8.00. The van der Waals surface area contributed by atoms with Gasteiger partial charge in [0.05, 0.1) is 0 Å². The van der Waals surface area contributed by atoms with E-state index in [1.165, 1.54) is 0 Å². The van der Waals surface area contributed by atoms with E-state index in [0.29, 0.717) is 18.7 Å². The Hall–Kier alpha value is -0.230. The first-order chi connectivity index (χ1) is 8.47. The smallest absolute Gasteiger partial charge is 0.299 e. The molecule has 0 aromatic heterocycles. The molecular weight excluding hydrogens is 263 g/mol. The Kier molecular flexibility index (Phi) is 4.59. The van der Waals surface area contributed by atoms with Crippen LogP contribution in [-0.4, -0.2) is 41.1 Å². The molecule has 2 atom stereocenters. The highest BCUT2D eigenvalue weighted by atomic mass is 32.2. The summed E-state index contributed by atoms with van der Waals surface area (Å²) in [5, 5.41) is 0. The molecule has 0 radical (unpaired) electrons. The summed E-state index contributed by atoms with van der Waals surface area (Å²) in [5.74, 6) is 0.472. The Morgan fingerprint density at radius 3 is 2.67 bits per heavy atom. The number of ketones is 1. The molecule has 0 N–H and O–H groups in total. The normalized spacial score (nSPS) is 30.3. The molecular formula is C12H18F3NOS. The van der Waals surface area contributed by atoms with Crippen molar-refractivity contribution in [2.24, 2.45) is 5.92 Å². The van der Waals surface area contributed by atoms with Crippen molar-refractivity contribution in [2.45, 2.75) is 43.7 Å². The molecule has 0 bridgehead atoms. The van der Waals surface area contributed by atoms with Crippen molar-refractivity contribution in [1.29, 1.82) is 0 Å². The lowest BCUT2D eigenvalue weighted by atomic mass is 9.95. The maximum absolute atomic E-state index is 12.1. The second-order valence-corrected chi connectivity index (χ2v) is 6.16. The van der Waals surface area contributed by atoms with E-state index in [4.69, 9.17) is 0 Å². The molecule has 6 heteroatoms. The topological polar surface area (TPSA) is 20.3 Å². The number of rotatable bonds is 4. The van der Waals surface area contributed by atoms with E-state index in [2.05, 4.69) is 4.90 Å². The van der Waals surface area contributed by atoms with Crippen LogP contribution in [0.5, 0.6) is 0 Å². The Labute approximate surface area is 109 Å². The fraction of sp³-hybridized carbons (Fsp3) is 0.917. The first-order valence-electron chi connectivity index (χ1n) is 6.45. The maximum atomic E-state index is 12.1. The van der Waals surface area contributed by atoms with Gasteiger partial charge in [-0.25, -0.2) is 0 Å². The van der Waals surface area contributed by atoms with Gasteiger partial charge in [-0.05, 0) is 44.0 Å². The summed E-state index contributed by atoms with van der Waals surface area (Å²) in [6.07, 6.45) is 4.50. The molecule has 1 saturated heterocycles. The predicted molar refractivity (Wildman–Crippen MR) is 65.5 cm³/mol. The minimum absolute atomic E-state index is 0.0392. The van der Waals surface area contributed by atoms with Gasteiger partial charge in [-0.3, -0.25) is 9.69 Å². The number of hydrogen-bond donors (Lipinski definition) is 0. The van der Waals surface area contributed by atoms with E-state index < -0.39 is 5.51 Å². The number of Topliss-reactive ketones (excluding diaryl/α,β-unsaturated/α-hetero) is 1. The molecule has 1 heterocycles. The van der Waals surface area contributed by atoms with Crippen molar-refractivity contribution >= 4 is 17.5 Å². The molecule has 1 aliphatic heterocycles. The first-order valence-corrected chi connectivity index (χ1v) is 7.43. The summed E-state index contributed by atoms with van der Waals surface area (Å²) in [4.78, 5) is 13.8. The van der Waals surface area contributed by atoms with Gasteiger partial charge in [0.15, 0.2) is 0 Å². The summed E-state index contributed by atoms with van der Waals surface area (Å²) in [7, 11) is 0. The van der Waals surface area contributed by atoms with Crippen molar-refractivity contribution in [2.75, 3.05) is 18.8 Å². The van der Waals surface area contributed by atoms with Crippen molar-refractivity contribution < 1.29 is 18.0 Å². The molecule has 2 nitrogen and oxygen atoms in total. The van der Waals surface area contributed by atoms with Crippen molar-refractivity contribution in [1.82, 2.24) is 4.90 Å². The van der Waals surface area contributed by atoms with Crippen LogP contribution in [0, 0.1) is 5.92 Å². The number of alkyl halides is 3. The number of nitrogens with zero attached hydrogens (tertiary/aromatic N) is 1. The Bertz CT molecular complexity index is 308. The minimum atomic E-state index is -4.14. The first kappa shape index (κ1) is 14.2. The monoisotopic (exact) mass is 281 g/mol. The van der Waals surface area contributed by atoms with Crippen molar-refractivity contribution in [3.63, 3.8) is 0 Å². The molecule has 18 heavy (non-hydrogen) atoms. The second-order valence-electron chi connectivity index (χ2n) is 5.00. The van der Waals surface area contributed by atoms with E-state index in [-0.39, 0.29) is 29.5 Å². The highest BCUT2D eigenvalue weighted by Crippen LogP contribution is 2.34. The number of carbonyl (C=O) groups is 1. The minimum Gasteiger partial charge on any atom is -0.299 e. The lowest BCUT2D eigenvalue weighted by Gasteiger charge is -2.28. The summed E-state index contributed by atoms with van der Waals surface area (Å²) in [6, 6.07) is 0.203. The van der Waals surface area contributed by atoms with Crippen LogP contribution in [0.1, 0.15) is 32.1 Å². The SMILES string of the molecule is O=C1CCCC1C1CCCN1CCSC(F)(F)F. The number of hydrogen-bond acceptors (Lipinski definition) is 3. The largest absolute Gasteiger partial charge is 0.441 e. The number of halogens is 3. The van der Waals surface area contributed by atoms with E-state index in [0.717, 1.165) is 32.2 Å². The van der Waals surface area contributed by atoms with Crippen LogP contribution in [0.4, 0.5) is 13.2 Å². The van der Waals surface area contributed by atoms with Crippen LogP contribution in [0.15, 0.2) is 0 Å². The van der Waals surface area contributed by atoms with Gasteiger partial charge in [0.1, 0.15) is 5.78 Å². The lowest BCUT2D eigenvalue weighted by Crippen LogP contribution is -2.38. The van der Waals surface area contributed by atoms with E-state index in [1.807, 2.05) is 0 Å². The molecule has 1 saturated carbocycles. The Morgan fingerprint density at radius 2 is 2.06 bits per heavy atom.